The first-order valence-electron chi connectivity index (χ1n) is 5.54. The lowest BCUT2D eigenvalue weighted by Crippen LogP contribution is -2.36. The minimum atomic E-state index is 0.0653. The van der Waals surface area contributed by atoms with Gasteiger partial charge in [0.15, 0.2) is 0 Å². The number of hydrogen-bond acceptors (Lipinski definition) is 2. The molecule has 2 N–H and O–H groups in total. The Kier molecular flexibility index (Phi) is 4.15. The van der Waals surface area contributed by atoms with E-state index in [9.17, 15) is 0 Å². The van der Waals surface area contributed by atoms with Gasteiger partial charge in [0.05, 0.1) is 0 Å². The molecule has 0 bridgehead atoms. The zero-order chi connectivity index (χ0) is 11.4. The Balaban J connectivity index is 2.75. The Hall–Kier alpha value is -1.02. The van der Waals surface area contributed by atoms with Crippen LogP contribution >= 0.6 is 0 Å². The molecule has 0 aliphatic carbocycles. The van der Waals surface area contributed by atoms with Crippen LogP contribution < -0.4 is 10.5 Å². The van der Waals surface area contributed by atoms with Crippen LogP contribution in [0.5, 0.6) is 5.75 Å². The second kappa shape index (κ2) is 5.17. The zero-order valence-corrected chi connectivity index (χ0v) is 10.1. The Morgan fingerprint density at radius 2 is 2.00 bits per heavy atom. The predicted octanol–water partition coefficient (Wildman–Crippen LogP) is 2.81. The van der Waals surface area contributed by atoms with Crippen LogP contribution in [0.15, 0.2) is 18.2 Å². The molecule has 1 aromatic carbocycles. The van der Waals surface area contributed by atoms with E-state index in [1.807, 2.05) is 6.92 Å². The van der Waals surface area contributed by atoms with E-state index in [1.54, 1.807) is 0 Å². The van der Waals surface area contributed by atoms with Gasteiger partial charge in [-0.25, -0.2) is 0 Å². The third-order valence-corrected chi connectivity index (χ3v) is 2.73. The Labute approximate surface area is 92.4 Å². The molecule has 1 rings (SSSR count). The molecule has 2 nitrogen and oxygen atoms in total. The van der Waals surface area contributed by atoms with Crippen molar-refractivity contribution in [1.82, 2.24) is 0 Å². The van der Waals surface area contributed by atoms with Crippen molar-refractivity contribution >= 4 is 0 Å². The van der Waals surface area contributed by atoms with E-state index in [0.29, 0.717) is 0 Å². The lowest BCUT2D eigenvalue weighted by Gasteiger charge is -2.21. The summed E-state index contributed by atoms with van der Waals surface area (Å²) in [5.74, 6) is 0.950. The van der Waals surface area contributed by atoms with Crippen LogP contribution in [-0.2, 0) is 0 Å². The van der Waals surface area contributed by atoms with Gasteiger partial charge in [0.25, 0.3) is 0 Å². The fourth-order valence-electron chi connectivity index (χ4n) is 1.45. The highest BCUT2D eigenvalue weighted by atomic mass is 16.5. The average molecular weight is 207 g/mol. The normalized spacial score (nSPS) is 14.7. The maximum absolute atomic E-state index is 5.93. The molecule has 1 aromatic rings. The molecule has 0 heterocycles. The molecule has 0 fully saturated rings. The summed E-state index contributed by atoms with van der Waals surface area (Å²) in [5, 5.41) is 0. The highest BCUT2D eigenvalue weighted by molar-refractivity contribution is 5.36. The van der Waals surface area contributed by atoms with Crippen molar-refractivity contribution < 1.29 is 4.74 Å². The molecule has 2 heteroatoms. The molecule has 2 atom stereocenters. The van der Waals surface area contributed by atoms with Crippen molar-refractivity contribution in [2.75, 3.05) is 0 Å². The zero-order valence-electron chi connectivity index (χ0n) is 10.1. The summed E-state index contributed by atoms with van der Waals surface area (Å²) >= 11 is 0. The second-order valence-electron chi connectivity index (χ2n) is 4.16. The smallest absolute Gasteiger partial charge is 0.122 e. The van der Waals surface area contributed by atoms with Crippen molar-refractivity contribution in [2.45, 2.75) is 46.3 Å². The van der Waals surface area contributed by atoms with Gasteiger partial charge in [-0.3, -0.25) is 0 Å². The first-order chi connectivity index (χ1) is 7.04. The Morgan fingerprint density at radius 1 is 1.33 bits per heavy atom. The molecular formula is C13H21NO. The van der Waals surface area contributed by atoms with Crippen molar-refractivity contribution in [3.8, 4) is 5.75 Å². The summed E-state index contributed by atoms with van der Waals surface area (Å²) in [6, 6.07) is 6.33. The van der Waals surface area contributed by atoms with E-state index in [2.05, 4.69) is 39.0 Å². The van der Waals surface area contributed by atoms with Crippen LogP contribution in [-0.4, -0.2) is 12.1 Å². The maximum atomic E-state index is 5.93. The fourth-order valence-corrected chi connectivity index (χ4v) is 1.45. The van der Waals surface area contributed by atoms with Crippen LogP contribution in [0, 0.1) is 13.8 Å². The third kappa shape index (κ3) is 3.24. The lowest BCUT2D eigenvalue weighted by molar-refractivity contribution is 0.186. The number of ether oxygens (including phenoxy) is 1. The van der Waals surface area contributed by atoms with Gasteiger partial charge in [-0.1, -0.05) is 19.1 Å². The monoisotopic (exact) mass is 207 g/mol. The van der Waals surface area contributed by atoms with Crippen LogP contribution in [0.1, 0.15) is 31.4 Å². The van der Waals surface area contributed by atoms with Crippen LogP contribution in [0.4, 0.5) is 0 Å². The molecule has 84 valence electrons. The van der Waals surface area contributed by atoms with Crippen molar-refractivity contribution in [3.05, 3.63) is 29.3 Å². The molecule has 0 spiro atoms. The number of nitrogens with two attached hydrogens (primary N) is 1. The number of hydrogen-bond donors (Lipinski definition) is 1. The topological polar surface area (TPSA) is 35.2 Å². The van der Waals surface area contributed by atoms with Crippen LogP contribution in [0.25, 0.3) is 0 Å². The predicted molar refractivity (Wildman–Crippen MR) is 64.3 cm³/mol. The highest BCUT2D eigenvalue weighted by Gasteiger charge is 2.13. The maximum Gasteiger partial charge on any atom is 0.122 e. The standard InChI is InChI=1S/C13H21NO/c1-5-12(14)11(4)15-13-8-9(2)6-7-10(13)3/h6-8,11-12H,5,14H2,1-4H3. The summed E-state index contributed by atoms with van der Waals surface area (Å²) in [4.78, 5) is 0. The molecule has 0 aliphatic rings. The fraction of sp³-hybridized carbons (Fsp3) is 0.538. The van der Waals surface area contributed by atoms with Crippen molar-refractivity contribution in [2.24, 2.45) is 5.73 Å². The van der Waals surface area contributed by atoms with E-state index in [4.69, 9.17) is 10.5 Å². The Bertz CT molecular complexity index is 322. The molecule has 0 radical (unpaired) electrons. The minimum absolute atomic E-state index is 0.0653. The number of benzene rings is 1. The highest BCUT2D eigenvalue weighted by Crippen LogP contribution is 2.21. The van der Waals surface area contributed by atoms with Gasteiger partial charge in [0, 0.05) is 6.04 Å². The molecular weight excluding hydrogens is 186 g/mol. The van der Waals surface area contributed by atoms with Crippen molar-refractivity contribution in [3.63, 3.8) is 0 Å². The third-order valence-electron chi connectivity index (χ3n) is 2.73. The minimum Gasteiger partial charge on any atom is -0.489 e. The van der Waals surface area contributed by atoms with E-state index in [-0.39, 0.29) is 12.1 Å². The summed E-state index contributed by atoms with van der Waals surface area (Å²) in [7, 11) is 0. The average Bonchev–Trinajstić information content (AvgIpc) is 2.22. The van der Waals surface area contributed by atoms with Gasteiger partial charge < -0.3 is 10.5 Å². The summed E-state index contributed by atoms with van der Waals surface area (Å²) in [6.07, 6.45) is 1.00. The van der Waals surface area contributed by atoms with E-state index < -0.39 is 0 Å². The summed E-state index contributed by atoms with van der Waals surface area (Å²) < 4.78 is 5.85. The molecule has 0 amide bonds. The van der Waals surface area contributed by atoms with Gasteiger partial charge in [-0.2, -0.15) is 0 Å². The molecule has 0 saturated carbocycles. The van der Waals surface area contributed by atoms with Gasteiger partial charge >= 0.3 is 0 Å². The number of rotatable bonds is 4. The van der Waals surface area contributed by atoms with Crippen molar-refractivity contribution in [1.29, 1.82) is 0 Å². The Morgan fingerprint density at radius 3 is 2.60 bits per heavy atom. The van der Waals surface area contributed by atoms with Crippen LogP contribution in [0.3, 0.4) is 0 Å². The first kappa shape index (κ1) is 12.1. The largest absolute Gasteiger partial charge is 0.489 e. The van der Waals surface area contributed by atoms with Gasteiger partial charge in [0.1, 0.15) is 11.9 Å². The second-order valence-corrected chi connectivity index (χ2v) is 4.16. The lowest BCUT2D eigenvalue weighted by atomic mass is 10.1. The molecule has 0 aromatic heterocycles. The van der Waals surface area contributed by atoms with Gasteiger partial charge in [0.2, 0.25) is 0 Å². The molecule has 2 unspecified atom stereocenters. The molecule has 0 aliphatic heterocycles. The quantitative estimate of drug-likeness (QED) is 0.824. The SMILES string of the molecule is CCC(N)C(C)Oc1cc(C)ccc1C. The summed E-state index contributed by atoms with van der Waals surface area (Å²) in [6.45, 7) is 8.22. The molecule has 0 saturated heterocycles. The van der Waals surface area contributed by atoms with E-state index in [1.165, 1.54) is 5.56 Å². The first-order valence-corrected chi connectivity index (χ1v) is 5.54. The van der Waals surface area contributed by atoms with Gasteiger partial charge in [-0.05, 0) is 44.4 Å². The van der Waals surface area contributed by atoms with E-state index >= 15 is 0 Å². The summed E-state index contributed by atoms with van der Waals surface area (Å²) in [5.41, 5.74) is 8.31. The number of aryl methyl sites for hydroxylation is 2. The van der Waals surface area contributed by atoms with E-state index in [0.717, 1.165) is 17.7 Å². The van der Waals surface area contributed by atoms with Gasteiger partial charge in [-0.15, -0.1) is 0 Å². The van der Waals surface area contributed by atoms with Crippen LogP contribution in [0.2, 0.25) is 0 Å². The molecule has 15 heavy (non-hydrogen) atoms.